The van der Waals surface area contributed by atoms with E-state index in [4.69, 9.17) is 4.42 Å². The Kier molecular flexibility index (Phi) is 4.78. The molecule has 28 heavy (non-hydrogen) atoms. The number of hydrogen-bond acceptors (Lipinski definition) is 3. The van der Waals surface area contributed by atoms with Gasteiger partial charge in [-0.15, -0.1) is 0 Å². The van der Waals surface area contributed by atoms with Crippen LogP contribution >= 0.6 is 0 Å². The Labute approximate surface area is 164 Å². The van der Waals surface area contributed by atoms with Crippen LogP contribution in [0.25, 0.3) is 5.57 Å². The first-order valence-electron chi connectivity index (χ1n) is 9.48. The monoisotopic (exact) mass is 373 g/mol. The van der Waals surface area contributed by atoms with Gasteiger partial charge in [0.1, 0.15) is 5.76 Å². The predicted octanol–water partition coefficient (Wildman–Crippen LogP) is 5.46. The summed E-state index contributed by atoms with van der Waals surface area (Å²) in [5.41, 5.74) is 3.68. The lowest BCUT2D eigenvalue weighted by Gasteiger charge is -2.27. The van der Waals surface area contributed by atoms with Gasteiger partial charge in [0, 0.05) is 5.57 Å². The van der Waals surface area contributed by atoms with E-state index in [1.54, 1.807) is 17.2 Å². The molecule has 2 heterocycles. The lowest BCUT2D eigenvalue weighted by molar-refractivity contribution is -0.130. The van der Waals surface area contributed by atoms with Gasteiger partial charge in [-0.3, -0.25) is 4.79 Å². The van der Waals surface area contributed by atoms with Gasteiger partial charge in [-0.1, -0.05) is 68.4 Å². The highest BCUT2D eigenvalue weighted by Crippen LogP contribution is 2.43. The maximum absolute atomic E-state index is 13.0. The summed E-state index contributed by atoms with van der Waals surface area (Å²) in [6.07, 6.45) is 1.59. The molecular weight excluding hydrogens is 350 g/mol. The first kappa shape index (κ1) is 18.1. The van der Waals surface area contributed by atoms with Gasteiger partial charge in [0.05, 0.1) is 18.8 Å². The summed E-state index contributed by atoms with van der Waals surface area (Å²) in [5.74, 6) is 0.527. The summed E-state index contributed by atoms with van der Waals surface area (Å²) in [7, 11) is 0. The summed E-state index contributed by atoms with van der Waals surface area (Å²) >= 11 is 0. The maximum Gasteiger partial charge on any atom is 0.290 e. The minimum absolute atomic E-state index is 0.198. The molecule has 1 aromatic heterocycles. The number of nitrogens with zero attached hydrogens (tertiary/aromatic N) is 1. The molecule has 4 heteroatoms. The van der Waals surface area contributed by atoms with Crippen LogP contribution in [0.4, 0.5) is 0 Å². The molecule has 1 amide bonds. The van der Waals surface area contributed by atoms with Gasteiger partial charge < -0.3 is 14.4 Å². The average molecular weight is 373 g/mol. The minimum Gasteiger partial charge on any atom is -0.503 e. The summed E-state index contributed by atoms with van der Waals surface area (Å²) in [6.45, 7) is 4.60. The summed E-state index contributed by atoms with van der Waals surface area (Å²) in [5, 5.41) is 10.7. The zero-order valence-electron chi connectivity index (χ0n) is 16.0. The van der Waals surface area contributed by atoms with Gasteiger partial charge in [-0.2, -0.15) is 0 Å². The summed E-state index contributed by atoms with van der Waals surface area (Å²) in [4.78, 5) is 14.6. The van der Waals surface area contributed by atoms with Crippen molar-refractivity contribution in [2.75, 3.05) is 0 Å². The number of furan rings is 1. The highest BCUT2D eigenvalue weighted by Gasteiger charge is 2.41. The van der Waals surface area contributed by atoms with Crippen molar-refractivity contribution >= 4 is 11.5 Å². The van der Waals surface area contributed by atoms with Crippen LogP contribution in [-0.2, 0) is 11.3 Å². The Hall–Kier alpha value is -3.27. The van der Waals surface area contributed by atoms with Crippen molar-refractivity contribution in [2.45, 2.75) is 32.4 Å². The van der Waals surface area contributed by atoms with Crippen molar-refractivity contribution in [1.29, 1.82) is 0 Å². The third kappa shape index (κ3) is 3.22. The number of rotatable bonds is 5. The van der Waals surface area contributed by atoms with Crippen LogP contribution in [-0.4, -0.2) is 15.9 Å². The molecule has 4 rings (SSSR count). The van der Waals surface area contributed by atoms with Crippen molar-refractivity contribution in [2.24, 2.45) is 0 Å². The van der Waals surface area contributed by atoms with Crippen molar-refractivity contribution in [3.05, 3.63) is 101 Å². The SMILES string of the molecule is CC(C)c1ccc(C2C(c3ccccc3)=C(O)C(=O)N2Cc2ccco2)cc1. The zero-order chi connectivity index (χ0) is 19.7. The van der Waals surface area contributed by atoms with Gasteiger partial charge in [-0.25, -0.2) is 0 Å². The van der Waals surface area contributed by atoms with Gasteiger partial charge in [0.15, 0.2) is 5.76 Å². The molecular formula is C24H23NO3. The number of benzene rings is 2. The number of aliphatic hydroxyl groups excluding tert-OH is 1. The van der Waals surface area contributed by atoms with Gasteiger partial charge in [0.2, 0.25) is 0 Å². The third-order valence-electron chi connectivity index (χ3n) is 5.21. The number of hydrogen-bond donors (Lipinski definition) is 1. The van der Waals surface area contributed by atoms with Crippen LogP contribution in [0.15, 0.2) is 83.2 Å². The fourth-order valence-electron chi connectivity index (χ4n) is 3.71. The van der Waals surface area contributed by atoms with E-state index in [9.17, 15) is 9.90 Å². The number of carbonyl (C=O) groups is 1. The second kappa shape index (κ2) is 7.39. The van der Waals surface area contributed by atoms with E-state index in [1.807, 2.05) is 48.5 Å². The Bertz CT molecular complexity index is 986. The van der Waals surface area contributed by atoms with Gasteiger partial charge in [-0.05, 0) is 34.7 Å². The molecule has 2 aromatic carbocycles. The van der Waals surface area contributed by atoms with E-state index in [0.717, 1.165) is 11.1 Å². The van der Waals surface area contributed by atoms with Crippen LogP contribution in [0.2, 0.25) is 0 Å². The lowest BCUT2D eigenvalue weighted by atomic mass is 9.92. The van der Waals surface area contributed by atoms with E-state index in [-0.39, 0.29) is 17.7 Å². The van der Waals surface area contributed by atoms with Crippen LogP contribution in [0.1, 0.15) is 48.3 Å². The Morgan fingerprint density at radius 1 is 1.00 bits per heavy atom. The topological polar surface area (TPSA) is 53.7 Å². The molecule has 1 atom stereocenters. The Balaban J connectivity index is 1.80. The van der Waals surface area contributed by atoms with Crippen molar-refractivity contribution in [3.8, 4) is 0 Å². The van der Waals surface area contributed by atoms with Crippen LogP contribution in [0.3, 0.4) is 0 Å². The molecule has 0 saturated heterocycles. The first-order valence-corrected chi connectivity index (χ1v) is 9.48. The zero-order valence-corrected chi connectivity index (χ0v) is 16.0. The highest BCUT2D eigenvalue weighted by molar-refractivity contribution is 6.05. The first-order chi connectivity index (χ1) is 13.6. The number of aliphatic hydroxyl groups is 1. The molecule has 1 aliphatic heterocycles. The van der Waals surface area contributed by atoms with Crippen molar-refractivity contribution in [1.82, 2.24) is 4.90 Å². The van der Waals surface area contributed by atoms with E-state index in [1.165, 1.54) is 5.56 Å². The van der Waals surface area contributed by atoms with Crippen molar-refractivity contribution < 1.29 is 14.3 Å². The van der Waals surface area contributed by atoms with Crippen LogP contribution in [0.5, 0.6) is 0 Å². The summed E-state index contributed by atoms with van der Waals surface area (Å²) in [6, 6.07) is 21.1. The van der Waals surface area contributed by atoms with Crippen LogP contribution < -0.4 is 0 Å². The summed E-state index contributed by atoms with van der Waals surface area (Å²) < 4.78 is 5.46. The second-order valence-electron chi connectivity index (χ2n) is 7.36. The molecule has 0 bridgehead atoms. The Morgan fingerprint density at radius 3 is 2.32 bits per heavy atom. The number of amides is 1. The molecule has 1 N–H and O–H groups in total. The highest BCUT2D eigenvalue weighted by atomic mass is 16.3. The normalized spacial score (nSPS) is 17.0. The lowest BCUT2D eigenvalue weighted by Crippen LogP contribution is -2.29. The van der Waals surface area contributed by atoms with E-state index < -0.39 is 0 Å². The van der Waals surface area contributed by atoms with E-state index >= 15 is 0 Å². The van der Waals surface area contributed by atoms with Crippen molar-refractivity contribution in [3.63, 3.8) is 0 Å². The van der Waals surface area contributed by atoms with Gasteiger partial charge in [0.25, 0.3) is 5.91 Å². The molecule has 4 nitrogen and oxygen atoms in total. The quantitative estimate of drug-likeness (QED) is 0.646. The fraction of sp³-hybridized carbons (Fsp3) is 0.208. The minimum atomic E-state index is -0.381. The maximum atomic E-state index is 13.0. The fourth-order valence-corrected chi connectivity index (χ4v) is 3.71. The molecule has 0 radical (unpaired) electrons. The Morgan fingerprint density at radius 2 is 1.71 bits per heavy atom. The van der Waals surface area contributed by atoms with E-state index in [2.05, 4.69) is 26.0 Å². The molecule has 0 saturated carbocycles. The smallest absolute Gasteiger partial charge is 0.290 e. The molecule has 0 aliphatic carbocycles. The molecule has 1 unspecified atom stereocenters. The molecule has 0 spiro atoms. The average Bonchev–Trinajstić information content (AvgIpc) is 3.31. The third-order valence-corrected chi connectivity index (χ3v) is 5.21. The molecule has 142 valence electrons. The van der Waals surface area contributed by atoms with Crippen LogP contribution in [0, 0.1) is 0 Å². The molecule has 0 fully saturated rings. The van der Waals surface area contributed by atoms with E-state index in [0.29, 0.717) is 23.8 Å². The molecule has 3 aromatic rings. The second-order valence-corrected chi connectivity index (χ2v) is 7.36. The molecule has 1 aliphatic rings. The van der Waals surface area contributed by atoms with Gasteiger partial charge >= 0.3 is 0 Å². The standard InChI is InChI=1S/C24H23NO3/c1-16(2)17-10-12-19(13-11-17)22-21(18-7-4-3-5-8-18)23(26)24(27)25(22)15-20-9-6-14-28-20/h3-14,16,22,26H,15H2,1-2H3. The number of carbonyl (C=O) groups excluding carboxylic acids is 1. The predicted molar refractivity (Wildman–Crippen MR) is 109 cm³/mol. The largest absolute Gasteiger partial charge is 0.503 e.